The lowest BCUT2D eigenvalue weighted by Crippen LogP contribution is -2.64. The van der Waals surface area contributed by atoms with E-state index in [1.54, 1.807) is 26.8 Å². The van der Waals surface area contributed by atoms with E-state index in [0.29, 0.717) is 44.1 Å². The number of ketones is 2. The topological polar surface area (TPSA) is 190 Å². The van der Waals surface area contributed by atoms with Gasteiger partial charge in [0.05, 0.1) is 12.2 Å². The van der Waals surface area contributed by atoms with E-state index in [9.17, 15) is 24.3 Å². The van der Waals surface area contributed by atoms with Gasteiger partial charge in [0.2, 0.25) is 5.79 Å². The average Bonchev–Trinajstić information content (AvgIpc) is 3.20. The maximum atomic E-state index is 16.2. The number of halogens is 1. The fourth-order valence-corrected chi connectivity index (χ4v) is 9.43. The van der Waals surface area contributed by atoms with Crippen molar-refractivity contribution in [3.05, 3.63) is 23.3 Å². The Morgan fingerprint density at radius 1 is 1.02 bits per heavy atom. The fraction of sp³-hybridized carbons (Fsp3) is 0.814. The number of alkyl halides is 1. The molecular formula is C43H70FN3O10. The Balaban J connectivity index is 1.76. The van der Waals surface area contributed by atoms with Crippen LogP contribution in [-0.4, -0.2) is 116 Å². The molecule has 1 amide bonds. The van der Waals surface area contributed by atoms with Gasteiger partial charge in [0, 0.05) is 52.2 Å². The maximum Gasteiger partial charge on any atom is 0.329 e. The number of aliphatic hydroxyl groups is 1. The van der Waals surface area contributed by atoms with Crippen LogP contribution in [0.25, 0.3) is 0 Å². The summed E-state index contributed by atoms with van der Waals surface area (Å²) in [6.07, 6.45) is 3.57. The molecule has 1 saturated carbocycles. The number of Topliss-reactive ketones (excluding diaryl/α,β-unsaturated/α-hetero) is 2. The lowest BCUT2D eigenvalue weighted by molar-refractivity contribution is -0.302. The highest BCUT2D eigenvalue weighted by molar-refractivity contribution is 6.39. The first-order valence-electron chi connectivity index (χ1n) is 21.0. The Labute approximate surface area is 338 Å². The number of rotatable bonds is 6. The number of methoxy groups -OCH3 is 3. The predicted octanol–water partition coefficient (Wildman–Crippen LogP) is 4.70. The van der Waals surface area contributed by atoms with E-state index in [4.69, 9.17) is 35.2 Å². The van der Waals surface area contributed by atoms with Crippen LogP contribution in [0, 0.1) is 29.6 Å². The summed E-state index contributed by atoms with van der Waals surface area (Å²) in [5.41, 5.74) is 13.0. The molecule has 13 nitrogen and oxygen atoms in total. The molecule has 0 aromatic rings. The van der Waals surface area contributed by atoms with Crippen molar-refractivity contribution in [2.24, 2.45) is 41.1 Å². The van der Waals surface area contributed by atoms with E-state index in [-0.39, 0.29) is 55.9 Å². The molecule has 14 atom stereocenters. The van der Waals surface area contributed by atoms with Gasteiger partial charge in [0.1, 0.15) is 35.9 Å². The van der Waals surface area contributed by atoms with Gasteiger partial charge in [0.25, 0.3) is 11.7 Å². The molecule has 4 rings (SSSR count). The highest BCUT2D eigenvalue weighted by Gasteiger charge is 2.56. The second-order valence-electron chi connectivity index (χ2n) is 17.4. The normalized spacial score (nSPS) is 41.5. The standard InChI is InChI=1S/C43H70FN3O10/c1-10-30-20-25(3)36(44)26(4)21-33(53-7)38-34(54-8)22-28(6)43(52,57-38)39(49)40(50)47-18-12-11-13-31(47)41(51)56-37(24(2)14-16-32(30)48)27(5)19-29-15-17-35(45)42(46,23-29)55-9/h19-20,24,26,28-31,33-38,52H,10-18,21-23,45-46H2,1-9H3. The van der Waals surface area contributed by atoms with Crippen LogP contribution in [0.2, 0.25) is 0 Å². The third-order valence-corrected chi connectivity index (χ3v) is 13.3. The Morgan fingerprint density at radius 3 is 2.32 bits per heavy atom. The second kappa shape index (κ2) is 20.1. The molecule has 3 heterocycles. The first kappa shape index (κ1) is 47.1. The zero-order valence-electron chi connectivity index (χ0n) is 35.7. The number of fused-ring (bicyclic) bond motifs is 3. The number of esters is 1. The Kier molecular flexibility index (Phi) is 16.6. The number of hydrogen-bond acceptors (Lipinski definition) is 12. The molecule has 0 spiro atoms. The minimum absolute atomic E-state index is 0.0242. The molecule has 324 valence electrons. The maximum absolute atomic E-state index is 16.2. The van der Waals surface area contributed by atoms with Gasteiger partial charge in [-0.3, -0.25) is 14.4 Å². The number of nitrogens with zero attached hydrogens (tertiary/aromatic N) is 1. The molecule has 3 aliphatic heterocycles. The summed E-state index contributed by atoms with van der Waals surface area (Å²) >= 11 is 0. The summed E-state index contributed by atoms with van der Waals surface area (Å²) in [4.78, 5) is 57.7. The molecular weight excluding hydrogens is 737 g/mol. The van der Waals surface area contributed by atoms with E-state index < -0.39 is 83.6 Å². The lowest BCUT2D eigenvalue weighted by atomic mass is 9.78. The molecule has 0 aromatic carbocycles. The third-order valence-electron chi connectivity index (χ3n) is 13.3. The van der Waals surface area contributed by atoms with Gasteiger partial charge < -0.3 is 45.2 Å². The first-order chi connectivity index (χ1) is 26.8. The van der Waals surface area contributed by atoms with E-state index in [2.05, 4.69) is 0 Å². The van der Waals surface area contributed by atoms with Gasteiger partial charge in [-0.2, -0.15) is 0 Å². The van der Waals surface area contributed by atoms with Crippen molar-refractivity contribution < 1.29 is 52.4 Å². The molecule has 14 heteroatoms. The van der Waals surface area contributed by atoms with Crippen molar-refractivity contribution in [3.8, 4) is 0 Å². The van der Waals surface area contributed by atoms with Crippen LogP contribution in [0.3, 0.4) is 0 Å². The minimum Gasteiger partial charge on any atom is -0.456 e. The van der Waals surface area contributed by atoms with E-state index in [0.717, 1.165) is 12.0 Å². The highest BCUT2D eigenvalue weighted by atomic mass is 19.1. The van der Waals surface area contributed by atoms with Gasteiger partial charge in [-0.15, -0.1) is 0 Å². The molecule has 14 unspecified atom stereocenters. The van der Waals surface area contributed by atoms with Crippen LogP contribution in [0.4, 0.5) is 4.39 Å². The molecule has 1 aliphatic carbocycles. The molecule has 4 aliphatic rings. The van der Waals surface area contributed by atoms with Gasteiger partial charge in [-0.1, -0.05) is 39.8 Å². The zero-order valence-corrected chi connectivity index (χ0v) is 35.7. The number of hydrogen-bond donors (Lipinski definition) is 3. The molecule has 5 N–H and O–H groups in total. The Hall–Kier alpha value is -2.59. The summed E-state index contributed by atoms with van der Waals surface area (Å²) in [5.74, 6) is -7.90. The van der Waals surface area contributed by atoms with Crippen LogP contribution < -0.4 is 11.5 Å². The Morgan fingerprint density at radius 2 is 1.68 bits per heavy atom. The first-order valence-corrected chi connectivity index (χ1v) is 21.0. The number of ether oxygens (including phenoxy) is 5. The molecule has 0 aromatic heterocycles. The number of piperidine rings is 1. The number of cyclic esters (lactones) is 1. The molecule has 2 bridgehead atoms. The summed E-state index contributed by atoms with van der Waals surface area (Å²) in [5, 5.41) is 12.0. The number of nitrogens with two attached hydrogens (primary N) is 2. The monoisotopic (exact) mass is 808 g/mol. The minimum atomic E-state index is -2.57. The fourth-order valence-electron chi connectivity index (χ4n) is 9.43. The van der Waals surface area contributed by atoms with E-state index >= 15 is 4.39 Å². The summed E-state index contributed by atoms with van der Waals surface area (Å²) in [6.45, 7) is 10.8. The van der Waals surface area contributed by atoms with Crippen molar-refractivity contribution in [2.45, 2.75) is 166 Å². The number of carbonyl (C=O) groups excluding carboxylic acids is 4. The summed E-state index contributed by atoms with van der Waals surface area (Å²) in [6, 6.07) is -1.43. The number of allylic oxidation sites excluding steroid dienone is 3. The van der Waals surface area contributed by atoms with Gasteiger partial charge in [-0.05, 0) is 107 Å². The predicted molar refractivity (Wildman–Crippen MR) is 212 cm³/mol. The van der Waals surface area contributed by atoms with Crippen molar-refractivity contribution in [2.75, 3.05) is 27.9 Å². The van der Waals surface area contributed by atoms with Crippen LogP contribution in [0.5, 0.6) is 0 Å². The summed E-state index contributed by atoms with van der Waals surface area (Å²) in [7, 11) is 4.45. The van der Waals surface area contributed by atoms with Gasteiger partial charge >= 0.3 is 5.97 Å². The molecule has 57 heavy (non-hydrogen) atoms. The molecule has 3 fully saturated rings. The van der Waals surface area contributed by atoms with Gasteiger partial charge in [-0.25, -0.2) is 9.18 Å². The van der Waals surface area contributed by atoms with Gasteiger partial charge in [0.15, 0.2) is 0 Å². The van der Waals surface area contributed by atoms with Crippen LogP contribution in [0.15, 0.2) is 23.3 Å². The number of amides is 1. The van der Waals surface area contributed by atoms with Crippen molar-refractivity contribution in [3.63, 3.8) is 0 Å². The largest absolute Gasteiger partial charge is 0.456 e. The molecule has 0 radical (unpaired) electrons. The highest BCUT2D eigenvalue weighted by Crippen LogP contribution is 2.40. The second-order valence-corrected chi connectivity index (χ2v) is 17.4. The zero-order chi connectivity index (χ0) is 42.4. The van der Waals surface area contributed by atoms with Crippen LogP contribution >= 0.6 is 0 Å². The molecule has 2 saturated heterocycles. The smallest absolute Gasteiger partial charge is 0.329 e. The van der Waals surface area contributed by atoms with E-state index in [1.807, 2.05) is 26.8 Å². The lowest BCUT2D eigenvalue weighted by Gasteiger charge is -2.47. The van der Waals surface area contributed by atoms with Crippen LogP contribution in [-0.2, 0) is 42.9 Å². The van der Waals surface area contributed by atoms with Crippen LogP contribution in [0.1, 0.15) is 112 Å². The Bertz CT molecular complexity index is 1490. The summed E-state index contributed by atoms with van der Waals surface area (Å²) < 4.78 is 45.9. The number of carbonyl (C=O) groups is 4. The van der Waals surface area contributed by atoms with E-state index in [1.165, 1.54) is 26.2 Å². The van der Waals surface area contributed by atoms with Crippen molar-refractivity contribution in [1.82, 2.24) is 4.90 Å². The van der Waals surface area contributed by atoms with Crippen molar-refractivity contribution in [1.29, 1.82) is 0 Å². The van der Waals surface area contributed by atoms with Crippen molar-refractivity contribution >= 4 is 23.4 Å². The average molecular weight is 808 g/mol. The quantitative estimate of drug-likeness (QED) is 0.145. The third kappa shape index (κ3) is 10.6. The SMILES string of the molecule is CCC1C=C(C)C(F)C(C)CC(OC)C2OC(O)(C(=O)C(=O)N3CCCCC3C(=O)OC(C(C)=CC3CCC(N)C(N)(OC)C3)C(C)CCC1=O)C(C)CC2OC.